The molecule has 2 aromatic carbocycles. The van der Waals surface area contributed by atoms with Gasteiger partial charge in [-0.15, -0.1) is 0 Å². The predicted molar refractivity (Wildman–Crippen MR) is 96.5 cm³/mol. The summed E-state index contributed by atoms with van der Waals surface area (Å²) < 4.78 is 17.1. The van der Waals surface area contributed by atoms with Crippen molar-refractivity contribution >= 4 is 23.6 Å². The molecule has 2 aromatic rings. The third-order valence-corrected chi connectivity index (χ3v) is 4.16. The second-order valence-electron chi connectivity index (χ2n) is 5.73. The van der Waals surface area contributed by atoms with Crippen molar-refractivity contribution in [2.24, 2.45) is 0 Å². The fourth-order valence-corrected chi connectivity index (χ4v) is 2.35. The minimum absolute atomic E-state index is 0.337. The number of para-hydroxylation sites is 3. The van der Waals surface area contributed by atoms with Gasteiger partial charge in [-0.3, -0.25) is 0 Å². The van der Waals surface area contributed by atoms with E-state index in [2.05, 4.69) is 15.9 Å². The van der Waals surface area contributed by atoms with Gasteiger partial charge in [0.25, 0.3) is 0 Å². The van der Waals surface area contributed by atoms with Crippen LogP contribution in [0.3, 0.4) is 0 Å². The number of halogens is 1. The molecule has 0 saturated heterocycles. The van der Waals surface area contributed by atoms with E-state index in [1.54, 1.807) is 6.07 Å². The van der Waals surface area contributed by atoms with Gasteiger partial charge in [-0.1, -0.05) is 24.3 Å². The summed E-state index contributed by atoms with van der Waals surface area (Å²) >= 11 is 3.43. The first-order valence-electron chi connectivity index (χ1n) is 8.05. The molecule has 0 amide bonds. The Morgan fingerprint density at radius 1 is 0.792 bits per heavy atom. The molecule has 0 aromatic heterocycles. The summed E-state index contributed by atoms with van der Waals surface area (Å²) in [5.74, 6) is 2.21. The van der Waals surface area contributed by atoms with Crippen LogP contribution in [0.4, 0.5) is 0 Å². The van der Waals surface area contributed by atoms with Crippen LogP contribution < -0.4 is 14.1 Å². The van der Waals surface area contributed by atoms with Crippen LogP contribution in [-0.4, -0.2) is 24.9 Å². The zero-order valence-corrected chi connectivity index (χ0v) is 14.8. The van der Waals surface area contributed by atoms with Crippen molar-refractivity contribution in [3.63, 3.8) is 0 Å². The Kier molecular flexibility index (Phi) is 6.04. The third-order valence-electron chi connectivity index (χ3n) is 3.50. The van der Waals surface area contributed by atoms with Crippen LogP contribution >= 0.6 is 15.9 Å². The van der Waals surface area contributed by atoms with Gasteiger partial charge in [-0.25, -0.2) is 0 Å². The number of rotatable bonds is 6. The maximum absolute atomic E-state index is 8.49. The van der Waals surface area contributed by atoms with E-state index in [4.69, 9.17) is 19.2 Å². The summed E-state index contributed by atoms with van der Waals surface area (Å²) in [6, 6.07) is 15.3. The quantitative estimate of drug-likeness (QED) is 0.754. The molecule has 2 fully saturated rings. The lowest BCUT2D eigenvalue weighted by Crippen LogP contribution is -2.03. The van der Waals surface area contributed by atoms with Crippen LogP contribution in [0.5, 0.6) is 17.2 Å². The van der Waals surface area contributed by atoms with Crippen molar-refractivity contribution in [1.29, 1.82) is 0 Å². The smallest absolute Gasteiger partial charge is 0.535 e. The van der Waals surface area contributed by atoms with Crippen molar-refractivity contribution in [1.82, 2.24) is 0 Å². The second-order valence-corrected chi connectivity index (χ2v) is 6.59. The SMILES string of the molecule is Brc1ccccc1OC1CC1.O[B]Oc1ccccc1OC1CC1. The van der Waals surface area contributed by atoms with Crippen LogP contribution in [0, 0.1) is 0 Å². The molecule has 0 bridgehead atoms. The summed E-state index contributed by atoms with van der Waals surface area (Å²) in [6.07, 6.45) is 5.45. The molecule has 4 rings (SSSR count). The molecule has 0 aliphatic heterocycles. The van der Waals surface area contributed by atoms with Gasteiger partial charge in [0.15, 0.2) is 5.75 Å². The van der Waals surface area contributed by atoms with Crippen molar-refractivity contribution in [3.05, 3.63) is 53.0 Å². The Morgan fingerprint density at radius 3 is 1.83 bits per heavy atom. The number of hydrogen-bond donors (Lipinski definition) is 1. The third kappa shape index (κ3) is 5.46. The molecule has 2 aliphatic rings. The van der Waals surface area contributed by atoms with Crippen molar-refractivity contribution < 1.29 is 19.2 Å². The van der Waals surface area contributed by atoms with E-state index in [9.17, 15) is 0 Å². The van der Waals surface area contributed by atoms with Crippen LogP contribution in [0.2, 0.25) is 0 Å². The van der Waals surface area contributed by atoms with Gasteiger partial charge in [0.05, 0.1) is 16.7 Å². The van der Waals surface area contributed by atoms with E-state index in [0.29, 0.717) is 31.4 Å². The second kappa shape index (κ2) is 8.44. The molecule has 24 heavy (non-hydrogen) atoms. The lowest BCUT2D eigenvalue weighted by molar-refractivity contribution is 0.291. The maximum atomic E-state index is 8.49. The molecule has 125 valence electrons. The van der Waals surface area contributed by atoms with Gasteiger partial charge in [-0.05, 0) is 65.9 Å². The zero-order chi connectivity index (χ0) is 16.8. The lowest BCUT2D eigenvalue weighted by atomic mass is 10.3. The average Bonchev–Trinajstić information content (AvgIpc) is 3.49. The maximum Gasteiger partial charge on any atom is 0.569 e. The van der Waals surface area contributed by atoms with Gasteiger partial charge < -0.3 is 19.2 Å². The summed E-state index contributed by atoms with van der Waals surface area (Å²) in [5, 5.41) is 8.49. The van der Waals surface area contributed by atoms with Gasteiger partial charge in [0.2, 0.25) is 0 Å². The number of hydrogen-bond acceptors (Lipinski definition) is 4. The van der Waals surface area contributed by atoms with E-state index in [0.717, 1.165) is 23.1 Å². The average molecular weight is 390 g/mol. The Labute approximate surface area is 151 Å². The van der Waals surface area contributed by atoms with E-state index in [1.165, 1.54) is 12.8 Å². The monoisotopic (exact) mass is 389 g/mol. The summed E-state index contributed by atoms with van der Waals surface area (Å²) in [7, 11) is 0.662. The van der Waals surface area contributed by atoms with E-state index < -0.39 is 0 Å². The fourth-order valence-electron chi connectivity index (χ4n) is 1.97. The molecule has 6 heteroatoms. The van der Waals surface area contributed by atoms with Crippen LogP contribution in [-0.2, 0) is 0 Å². The molecule has 4 nitrogen and oxygen atoms in total. The molecule has 0 unspecified atom stereocenters. The highest BCUT2D eigenvalue weighted by molar-refractivity contribution is 9.10. The summed E-state index contributed by atoms with van der Waals surface area (Å²) in [5.41, 5.74) is 0. The van der Waals surface area contributed by atoms with Gasteiger partial charge in [0, 0.05) is 0 Å². The molecule has 0 atom stereocenters. The first-order valence-corrected chi connectivity index (χ1v) is 8.85. The molecule has 2 aliphatic carbocycles. The predicted octanol–water partition coefficient (Wildman–Crippen LogP) is 4.12. The Balaban J connectivity index is 0.000000143. The van der Waals surface area contributed by atoms with Gasteiger partial charge >= 0.3 is 7.69 Å². The standard InChI is InChI=1S/C9H10BO3.C9H9BrO/c11-10-13-9-4-2-1-3-8(9)12-7-5-6-7;10-8-3-1-2-4-9(8)11-7-5-6-7/h1-4,7,11H,5-6H2;1-4,7H,5-6H2. The van der Waals surface area contributed by atoms with Crippen molar-refractivity contribution in [2.45, 2.75) is 37.9 Å². The van der Waals surface area contributed by atoms with Gasteiger partial charge in [0.1, 0.15) is 11.5 Å². The number of ether oxygens (including phenoxy) is 2. The Bertz CT molecular complexity index is 659. The Hall–Kier alpha value is -1.66. The first-order chi connectivity index (χ1) is 11.8. The fraction of sp³-hybridized carbons (Fsp3) is 0.333. The molecule has 0 spiro atoms. The molecule has 1 radical (unpaired) electrons. The molecule has 0 heterocycles. The van der Waals surface area contributed by atoms with Crippen LogP contribution in [0.15, 0.2) is 53.0 Å². The van der Waals surface area contributed by atoms with Gasteiger partial charge in [-0.2, -0.15) is 0 Å². The van der Waals surface area contributed by atoms with E-state index >= 15 is 0 Å². The first kappa shape index (κ1) is 17.2. The molecular formula is C18H19BBrO4. The van der Waals surface area contributed by atoms with Crippen LogP contribution in [0.1, 0.15) is 25.7 Å². The summed E-state index contributed by atoms with van der Waals surface area (Å²) in [4.78, 5) is 0. The van der Waals surface area contributed by atoms with E-state index in [-0.39, 0.29) is 0 Å². The minimum atomic E-state index is 0.337. The molecule has 1 N–H and O–H groups in total. The highest BCUT2D eigenvalue weighted by Crippen LogP contribution is 2.33. The highest BCUT2D eigenvalue weighted by Gasteiger charge is 2.25. The normalized spacial score (nSPS) is 15.8. The Morgan fingerprint density at radius 2 is 1.29 bits per heavy atom. The molecule has 2 saturated carbocycles. The van der Waals surface area contributed by atoms with Crippen molar-refractivity contribution in [3.8, 4) is 17.2 Å². The minimum Gasteiger partial charge on any atom is -0.535 e. The summed E-state index contributed by atoms with van der Waals surface area (Å²) in [6.45, 7) is 0. The van der Waals surface area contributed by atoms with E-state index in [1.807, 2.05) is 42.5 Å². The lowest BCUT2D eigenvalue weighted by Gasteiger charge is -2.09. The largest absolute Gasteiger partial charge is 0.569 e. The zero-order valence-electron chi connectivity index (χ0n) is 13.2. The topological polar surface area (TPSA) is 47.9 Å². The molecular weight excluding hydrogens is 371 g/mol. The number of benzene rings is 2. The van der Waals surface area contributed by atoms with Crippen molar-refractivity contribution in [2.75, 3.05) is 0 Å². The highest BCUT2D eigenvalue weighted by atomic mass is 79.9. The van der Waals surface area contributed by atoms with Crippen LogP contribution in [0.25, 0.3) is 0 Å².